The summed E-state index contributed by atoms with van der Waals surface area (Å²) in [5, 5.41) is 0. The van der Waals surface area contributed by atoms with E-state index in [4.69, 9.17) is 0 Å². The molecule has 0 heterocycles. The van der Waals surface area contributed by atoms with Gasteiger partial charge in [0.2, 0.25) is 0 Å². The summed E-state index contributed by atoms with van der Waals surface area (Å²) in [6.45, 7) is 2.60. The zero-order valence-electron chi connectivity index (χ0n) is 11.1. The number of benzene rings is 2. The maximum Gasteiger partial charge on any atom is 0.255 e. The minimum absolute atomic E-state index is 0.0272. The first-order valence-corrected chi connectivity index (χ1v) is 6.93. The van der Waals surface area contributed by atoms with E-state index in [2.05, 4.69) is 15.9 Å². The molecule has 2 aromatic carbocycles. The van der Waals surface area contributed by atoms with Crippen molar-refractivity contribution >= 4 is 21.8 Å². The number of rotatable bonds is 3. The molecular formula is C16H16BrNO. The molecule has 2 rings (SSSR count). The van der Waals surface area contributed by atoms with Crippen LogP contribution in [-0.2, 0) is 6.54 Å². The smallest absolute Gasteiger partial charge is 0.255 e. The minimum Gasteiger partial charge on any atom is -0.337 e. The van der Waals surface area contributed by atoms with Crippen molar-refractivity contribution in [3.63, 3.8) is 0 Å². The van der Waals surface area contributed by atoms with Crippen LogP contribution in [0.25, 0.3) is 0 Å². The van der Waals surface area contributed by atoms with Crippen LogP contribution < -0.4 is 0 Å². The third-order valence-corrected chi connectivity index (χ3v) is 4.08. The monoisotopic (exact) mass is 317 g/mol. The Morgan fingerprint density at radius 2 is 1.79 bits per heavy atom. The average molecular weight is 318 g/mol. The lowest BCUT2D eigenvalue weighted by Gasteiger charge is -2.18. The summed E-state index contributed by atoms with van der Waals surface area (Å²) in [7, 11) is 1.82. The van der Waals surface area contributed by atoms with Gasteiger partial charge in [-0.25, -0.2) is 0 Å². The van der Waals surface area contributed by atoms with E-state index >= 15 is 0 Å². The second kappa shape index (κ2) is 6.02. The van der Waals surface area contributed by atoms with Crippen LogP contribution in [0, 0.1) is 6.92 Å². The Balaban J connectivity index is 2.18. The Kier molecular flexibility index (Phi) is 4.38. The zero-order valence-corrected chi connectivity index (χ0v) is 12.6. The van der Waals surface area contributed by atoms with E-state index < -0.39 is 0 Å². The molecule has 98 valence electrons. The third kappa shape index (κ3) is 3.24. The molecule has 0 unspecified atom stereocenters. The van der Waals surface area contributed by atoms with Crippen LogP contribution in [0.15, 0.2) is 53.0 Å². The zero-order chi connectivity index (χ0) is 13.8. The maximum atomic E-state index is 12.4. The largest absolute Gasteiger partial charge is 0.337 e. The normalized spacial score (nSPS) is 10.3. The fraction of sp³-hybridized carbons (Fsp3) is 0.188. The Morgan fingerprint density at radius 3 is 2.47 bits per heavy atom. The molecule has 3 heteroatoms. The summed E-state index contributed by atoms with van der Waals surface area (Å²) >= 11 is 3.49. The highest BCUT2D eigenvalue weighted by molar-refractivity contribution is 9.10. The van der Waals surface area contributed by atoms with Crippen molar-refractivity contribution < 1.29 is 4.79 Å². The molecular weight excluding hydrogens is 302 g/mol. The lowest BCUT2D eigenvalue weighted by atomic mass is 10.1. The van der Waals surface area contributed by atoms with Crippen LogP contribution in [0.4, 0.5) is 0 Å². The van der Waals surface area contributed by atoms with Gasteiger partial charge in [0.15, 0.2) is 0 Å². The van der Waals surface area contributed by atoms with Gasteiger partial charge in [-0.05, 0) is 40.0 Å². The summed E-state index contributed by atoms with van der Waals surface area (Å²) in [5.41, 5.74) is 2.90. The Labute approximate surface area is 122 Å². The number of amides is 1. The molecule has 0 N–H and O–H groups in total. The summed E-state index contributed by atoms with van der Waals surface area (Å²) in [5.74, 6) is 0.0272. The van der Waals surface area contributed by atoms with Crippen LogP contribution in [0.3, 0.4) is 0 Å². The van der Waals surface area contributed by atoms with E-state index in [9.17, 15) is 4.79 Å². The van der Waals surface area contributed by atoms with Crippen molar-refractivity contribution in [1.82, 2.24) is 4.90 Å². The Bertz CT molecular complexity index is 581. The van der Waals surface area contributed by atoms with Crippen molar-refractivity contribution in [2.75, 3.05) is 7.05 Å². The molecule has 2 nitrogen and oxygen atoms in total. The number of carbonyl (C=O) groups excluding carboxylic acids is 1. The molecule has 0 saturated carbocycles. The van der Waals surface area contributed by atoms with Gasteiger partial charge in [0.25, 0.3) is 5.91 Å². The van der Waals surface area contributed by atoms with E-state index in [1.54, 1.807) is 4.90 Å². The molecule has 0 aliphatic carbocycles. The second-order valence-electron chi connectivity index (χ2n) is 4.58. The number of halogens is 1. The standard InChI is InChI=1S/C16H16BrNO/c1-12-7-6-10-14(15(12)17)16(19)18(2)11-13-8-4-3-5-9-13/h3-10H,11H2,1-2H3. The number of aryl methyl sites for hydroxylation is 1. The molecule has 2 aromatic rings. The van der Waals surface area contributed by atoms with Crippen molar-refractivity contribution in [3.8, 4) is 0 Å². The maximum absolute atomic E-state index is 12.4. The van der Waals surface area contributed by atoms with E-state index in [0.29, 0.717) is 12.1 Å². The summed E-state index contributed by atoms with van der Waals surface area (Å²) in [4.78, 5) is 14.1. The molecule has 19 heavy (non-hydrogen) atoms. The van der Waals surface area contributed by atoms with Gasteiger partial charge >= 0.3 is 0 Å². The Hall–Kier alpha value is -1.61. The highest BCUT2D eigenvalue weighted by atomic mass is 79.9. The molecule has 0 aromatic heterocycles. The highest BCUT2D eigenvalue weighted by Crippen LogP contribution is 2.22. The first kappa shape index (κ1) is 13.8. The number of nitrogens with zero attached hydrogens (tertiary/aromatic N) is 1. The second-order valence-corrected chi connectivity index (χ2v) is 5.38. The minimum atomic E-state index is 0.0272. The fourth-order valence-electron chi connectivity index (χ4n) is 1.95. The molecule has 0 aliphatic rings. The van der Waals surface area contributed by atoms with Crippen molar-refractivity contribution in [1.29, 1.82) is 0 Å². The lowest BCUT2D eigenvalue weighted by molar-refractivity contribution is 0.0784. The van der Waals surface area contributed by atoms with Crippen LogP contribution in [0.1, 0.15) is 21.5 Å². The average Bonchev–Trinajstić information content (AvgIpc) is 2.42. The van der Waals surface area contributed by atoms with Crippen molar-refractivity contribution in [2.45, 2.75) is 13.5 Å². The van der Waals surface area contributed by atoms with Gasteiger partial charge in [-0.3, -0.25) is 4.79 Å². The van der Waals surface area contributed by atoms with Crippen LogP contribution in [0.5, 0.6) is 0 Å². The SMILES string of the molecule is Cc1cccc(C(=O)N(C)Cc2ccccc2)c1Br. The van der Waals surface area contributed by atoms with Gasteiger partial charge in [0, 0.05) is 18.1 Å². The van der Waals surface area contributed by atoms with Gasteiger partial charge in [-0.15, -0.1) is 0 Å². The van der Waals surface area contributed by atoms with Gasteiger partial charge in [0.05, 0.1) is 5.56 Å². The molecule has 0 spiro atoms. The van der Waals surface area contributed by atoms with Gasteiger partial charge in [-0.2, -0.15) is 0 Å². The molecule has 0 fully saturated rings. The quantitative estimate of drug-likeness (QED) is 0.837. The van der Waals surface area contributed by atoms with Crippen LogP contribution in [-0.4, -0.2) is 17.9 Å². The lowest BCUT2D eigenvalue weighted by Crippen LogP contribution is -2.26. The summed E-state index contributed by atoms with van der Waals surface area (Å²) in [6.07, 6.45) is 0. The first-order valence-electron chi connectivity index (χ1n) is 6.14. The topological polar surface area (TPSA) is 20.3 Å². The predicted octanol–water partition coefficient (Wildman–Crippen LogP) is 4.03. The Morgan fingerprint density at radius 1 is 1.11 bits per heavy atom. The summed E-state index contributed by atoms with van der Waals surface area (Å²) < 4.78 is 0.875. The van der Waals surface area contributed by atoms with Crippen molar-refractivity contribution in [3.05, 3.63) is 69.7 Å². The van der Waals surface area contributed by atoms with E-state index in [-0.39, 0.29) is 5.91 Å². The number of carbonyl (C=O) groups is 1. The number of hydrogen-bond acceptors (Lipinski definition) is 1. The third-order valence-electron chi connectivity index (χ3n) is 3.03. The molecule has 1 amide bonds. The first-order chi connectivity index (χ1) is 9.09. The van der Waals surface area contributed by atoms with Crippen molar-refractivity contribution in [2.24, 2.45) is 0 Å². The summed E-state index contributed by atoms with van der Waals surface area (Å²) in [6, 6.07) is 15.7. The molecule has 0 bridgehead atoms. The van der Waals surface area contributed by atoms with E-state index in [1.807, 2.05) is 62.5 Å². The molecule has 0 aliphatic heterocycles. The van der Waals surface area contributed by atoms with Gasteiger partial charge in [-0.1, -0.05) is 42.5 Å². The predicted molar refractivity (Wildman–Crippen MR) is 81.1 cm³/mol. The van der Waals surface area contributed by atoms with E-state index in [1.165, 1.54) is 0 Å². The van der Waals surface area contributed by atoms with Gasteiger partial charge in [0.1, 0.15) is 0 Å². The number of hydrogen-bond donors (Lipinski definition) is 0. The van der Waals surface area contributed by atoms with Crippen LogP contribution >= 0.6 is 15.9 Å². The van der Waals surface area contributed by atoms with Gasteiger partial charge < -0.3 is 4.90 Å². The molecule has 0 radical (unpaired) electrons. The molecule has 0 saturated heterocycles. The van der Waals surface area contributed by atoms with Crippen LogP contribution in [0.2, 0.25) is 0 Å². The molecule has 0 atom stereocenters. The fourth-order valence-corrected chi connectivity index (χ4v) is 2.38. The highest BCUT2D eigenvalue weighted by Gasteiger charge is 2.15. The van der Waals surface area contributed by atoms with E-state index in [0.717, 1.165) is 15.6 Å².